The number of ether oxygens (including phenoxy) is 2. The second-order valence-corrected chi connectivity index (χ2v) is 9.23. The number of rotatable bonds is 10. The summed E-state index contributed by atoms with van der Waals surface area (Å²) in [5.41, 5.74) is 3.37. The molecule has 35 heavy (non-hydrogen) atoms. The maximum atomic E-state index is 11.5. The van der Waals surface area contributed by atoms with Crippen molar-refractivity contribution in [3.05, 3.63) is 87.9 Å². The van der Waals surface area contributed by atoms with Crippen molar-refractivity contribution in [1.82, 2.24) is 5.32 Å². The van der Waals surface area contributed by atoms with Crippen molar-refractivity contribution in [1.29, 1.82) is 0 Å². The van der Waals surface area contributed by atoms with Gasteiger partial charge >= 0.3 is 5.97 Å². The number of hydrogen-bond donors (Lipinski definition) is 3. The molecule has 0 aliphatic heterocycles. The average Bonchev–Trinajstić information content (AvgIpc) is 2.85. The van der Waals surface area contributed by atoms with E-state index in [2.05, 4.69) is 11.4 Å². The van der Waals surface area contributed by atoms with Gasteiger partial charge in [0.15, 0.2) is 0 Å². The van der Waals surface area contributed by atoms with E-state index < -0.39 is 12.1 Å². The third-order valence-corrected chi connectivity index (χ3v) is 6.31. The van der Waals surface area contributed by atoms with E-state index in [9.17, 15) is 15.0 Å². The minimum Gasteiger partial charge on any atom is -0.493 e. The van der Waals surface area contributed by atoms with Gasteiger partial charge in [0.1, 0.15) is 17.2 Å². The summed E-state index contributed by atoms with van der Waals surface area (Å²) in [6, 6.07) is 18.2. The lowest BCUT2D eigenvalue weighted by molar-refractivity contribution is 0.0696. The molecule has 1 aliphatic carbocycles. The standard InChI is InChI=1S/C28H30ClNO5/c1-2-10-34-25-14-21(28(32)33)15-26(16-25)35-24-9-7-18-6-8-23(12-20(18)13-24)30-17-27(31)19-4-3-5-22(29)11-19/h3-5,7,9,11,13-16,23,27,30-31H,2,6,8,10,12,17H2,1H3,(H,32,33)/t23-,27+/m0/s1. The number of aromatic carboxylic acids is 1. The molecule has 4 rings (SSSR count). The number of carboxylic acids is 1. The van der Waals surface area contributed by atoms with Crippen LogP contribution in [0, 0.1) is 0 Å². The number of carboxylic acid groups (broad SMARTS) is 1. The quantitative estimate of drug-likeness (QED) is 0.329. The zero-order valence-corrected chi connectivity index (χ0v) is 20.4. The lowest BCUT2D eigenvalue weighted by Crippen LogP contribution is -2.37. The first-order chi connectivity index (χ1) is 16.9. The van der Waals surface area contributed by atoms with Crippen LogP contribution < -0.4 is 14.8 Å². The van der Waals surface area contributed by atoms with Crippen molar-refractivity contribution in [3.8, 4) is 17.2 Å². The van der Waals surface area contributed by atoms with Crippen molar-refractivity contribution in [2.75, 3.05) is 13.2 Å². The number of nitrogens with one attached hydrogen (secondary N) is 1. The highest BCUT2D eigenvalue weighted by Gasteiger charge is 2.20. The summed E-state index contributed by atoms with van der Waals surface area (Å²) in [6.07, 6.45) is 2.92. The minimum absolute atomic E-state index is 0.120. The Morgan fingerprint density at radius 1 is 1.09 bits per heavy atom. The number of aliphatic hydroxyl groups is 1. The van der Waals surface area contributed by atoms with Crippen LogP contribution >= 0.6 is 11.6 Å². The molecule has 0 unspecified atom stereocenters. The van der Waals surface area contributed by atoms with Crippen molar-refractivity contribution in [2.24, 2.45) is 0 Å². The first-order valence-corrected chi connectivity index (χ1v) is 12.3. The van der Waals surface area contributed by atoms with Gasteiger partial charge in [-0.2, -0.15) is 0 Å². The SMILES string of the molecule is CCCOc1cc(Oc2ccc3c(c2)C[C@@H](NC[C@@H](O)c2cccc(Cl)c2)CC3)cc(C(=O)O)c1. The molecule has 0 saturated carbocycles. The van der Waals surface area contributed by atoms with Gasteiger partial charge in [0.05, 0.1) is 18.3 Å². The fourth-order valence-electron chi connectivity index (χ4n) is 4.27. The van der Waals surface area contributed by atoms with Crippen LogP contribution in [-0.2, 0) is 12.8 Å². The van der Waals surface area contributed by atoms with Gasteiger partial charge in [-0.05, 0) is 78.8 Å². The van der Waals surface area contributed by atoms with Crippen molar-refractivity contribution >= 4 is 17.6 Å². The van der Waals surface area contributed by atoms with Gasteiger partial charge in [-0.15, -0.1) is 0 Å². The molecule has 0 aromatic heterocycles. The van der Waals surface area contributed by atoms with Crippen molar-refractivity contribution in [2.45, 2.75) is 44.8 Å². The second-order valence-electron chi connectivity index (χ2n) is 8.80. The predicted octanol–water partition coefficient (Wildman–Crippen LogP) is 5.80. The summed E-state index contributed by atoms with van der Waals surface area (Å²) >= 11 is 6.04. The number of aliphatic hydroxyl groups excluding tert-OH is 1. The molecule has 0 amide bonds. The number of fused-ring (bicyclic) bond motifs is 1. The summed E-state index contributed by atoms with van der Waals surface area (Å²) < 4.78 is 11.7. The topological polar surface area (TPSA) is 88.0 Å². The third kappa shape index (κ3) is 6.75. The lowest BCUT2D eigenvalue weighted by Gasteiger charge is -2.27. The van der Waals surface area contributed by atoms with Crippen LogP contribution in [0.3, 0.4) is 0 Å². The molecule has 0 radical (unpaired) electrons. The Hall–Kier alpha value is -3.06. The van der Waals surface area contributed by atoms with E-state index in [1.165, 1.54) is 23.3 Å². The van der Waals surface area contributed by atoms with Crippen LogP contribution in [0.2, 0.25) is 5.02 Å². The van der Waals surface area contributed by atoms with Gasteiger partial charge in [-0.1, -0.05) is 36.7 Å². The van der Waals surface area contributed by atoms with E-state index in [1.807, 2.05) is 31.2 Å². The molecule has 184 valence electrons. The maximum Gasteiger partial charge on any atom is 0.335 e. The van der Waals surface area contributed by atoms with Gasteiger partial charge in [0.2, 0.25) is 0 Å². The van der Waals surface area contributed by atoms with E-state index >= 15 is 0 Å². The van der Waals surface area contributed by atoms with Gasteiger partial charge in [0, 0.05) is 23.7 Å². The van der Waals surface area contributed by atoms with Gasteiger partial charge < -0.3 is 25.0 Å². The molecule has 3 N–H and O–H groups in total. The second kappa shape index (κ2) is 11.6. The molecule has 3 aromatic carbocycles. The molecule has 0 spiro atoms. The Morgan fingerprint density at radius 2 is 1.91 bits per heavy atom. The van der Waals surface area contributed by atoms with Crippen LogP contribution in [0.1, 0.15) is 52.9 Å². The van der Waals surface area contributed by atoms with Crippen molar-refractivity contribution in [3.63, 3.8) is 0 Å². The molecule has 0 saturated heterocycles. The first-order valence-electron chi connectivity index (χ1n) is 11.9. The predicted molar refractivity (Wildman–Crippen MR) is 136 cm³/mol. The highest BCUT2D eigenvalue weighted by Crippen LogP contribution is 2.31. The number of carbonyl (C=O) groups is 1. The van der Waals surface area contributed by atoms with Gasteiger partial charge in [-0.25, -0.2) is 4.79 Å². The Kier molecular flexibility index (Phi) is 8.29. The minimum atomic E-state index is -1.03. The normalized spacial score (nSPS) is 15.8. The fraction of sp³-hybridized carbons (Fsp3) is 0.321. The van der Waals surface area contributed by atoms with Crippen LogP contribution in [0.25, 0.3) is 0 Å². The fourth-order valence-corrected chi connectivity index (χ4v) is 4.47. The van der Waals surface area contributed by atoms with Gasteiger partial charge in [-0.3, -0.25) is 0 Å². The van der Waals surface area contributed by atoms with Gasteiger partial charge in [0.25, 0.3) is 0 Å². The molecule has 7 heteroatoms. The molecular weight excluding hydrogens is 466 g/mol. The Morgan fingerprint density at radius 3 is 2.69 bits per heavy atom. The number of aryl methyl sites for hydroxylation is 1. The van der Waals surface area contributed by atoms with Crippen LogP contribution in [0.4, 0.5) is 0 Å². The number of hydrogen-bond acceptors (Lipinski definition) is 5. The largest absolute Gasteiger partial charge is 0.493 e. The molecule has 6 nitrogen and oxygen atoms in total. The molecule has 0 heterocycles. The zero-order chi connectivity index (χ0) is 24.8. The number of halogens is 1. The summed E-state index contributed by atoms with van der Waals surface area (Å²) in [7, 11) is 0. The van der Waals surface area contributed by atoms with E-state index in [0.717, 1.165) is 31.2 Å². The molecule has 3 aromatic rings. The summed E-state index contributed by atoms with van der Waals surface area (Å²) in [6.45, 7) is 2.94. The molecule has 0 fully saturated rings. The highest BCUT2D eigenvalue weighted by atomic mass is 35.5. The smallest absolute Gasteiger partial charge is 0.335 e. The molecule has 2 atom stereocenters. The highest BCUT2D eigenvalue weighted by molar-refractivity contribution is 6.30. The van der Waals surface area contributed by atoms with Crippen molar-refractivity contribution < 1.29 is 24.5 Å². The van der Waals surface area contributed by atoms with E-state index in [0.29, 0.717) is 35.4 Å². The summed E-state index contributed by atoms with van der Waals surface area (Å²) in [4.78, 5) is 11.5. The first kappa shape index (κ1) is 25.0. The summed E-state index contributed by atoms with van der Waals surface area (Å²) in [5, 5.41) is 24.1. The van der Waals surface area contributed by atoms with E-state index in [1.54, 1.807) is 18.2 Å². The molecular formula is C28H30ClNO5. The van der Waals surface area contributed by atoms with E-state index in [4.69, 9.17) is 21.1 Å². The average molecular weight is 496 g/mol. The third-order valence-electron chi connectivity index (χ3n) is 6.08. The maximum absolute atomic E-state index is 11.5. The summed E-state index contributed by atoms with van der Waals surface area (Å²) in [5.74, 6) is 0.511. The van der Waals surface area contributed by atoms with Crippen LogP contribution in [0.15, 0.2) is 60.7 Å². The molecule has 0 bridgehead atoms. The Balaban J connectivity index is 1.42. The molecule has 1 aliphatic rings. The van der Waals surface area contributed by atoms with Crippen LogP contribution in [0.5, 0.6) is 17.2 Å². The van der Waals surface area contributed by atoms with E-state index in [-0.39, 0.29) is 11.6 Å². The van der Waals surface area contributed by atoms with Crippen LogP contribution in [-0.4, -0.2) is 35.4 Å². The Bertz CT molecular complexity index is 1180. The lowest BCUT2D eigenvalue weighted by atomic mass is 9.88. The zero-order valence-electron chi connectivity index (χ0n) is 19.7. The number of benzene rings is 3. The monoisotopic (exact) mass is 495 g/mol. The Labute approximate surface area is 210 Å².